The van der Waals surface area contributed by atoms with Crippen molar-refractivity contribution in [1.82, 2.24) is 15.1 Å². The fourth-order valence-corrected chi connectivity index (χ4v) is 3.74. The summed E-state index contributed by atoms with van der Waals surface area (Å²) < 4.78 is 41.4. The zero-order chi connectivity index (χ0) is 21.1. The highest BCUT2D eigenvalue weighted by Gasteiger charge is 2.27. The van der Waals surface area contributed by atoms with E-state index in [1.807, 2.05) is 30.3 Å². The number of likely N-dealkylation sites (tertiary alicyclic amines) is 1. The van der Waals surface area contributed by atoms with E-state index in [4.69, 9.17) is 0 Å². The van der Waals surface area contributed by atoms with Gasteiger partial charge in [-0.2, -0.15) is 5.10 Å². The smallest absolute Gasteiger partial charge is 0.228 e. The van der Waals surface area contributed by atoms with Gasteiger partial charge in [-0.25, -0.2) is 13.2 Å². The Kier molecular flexibility index (Phi) is 5.85. The van der Waals surface area contributed by atoms with Crippen LogP contribution in [0.1, 0.15) is 18.4 Å². The average molecular weight is 414 g/mol. The van der Waals surface area contributed by atoms with Gasteiger partial charge in [-0.3, -0.25) is 14.8 Å². The summed E-state index contributed by atoms with van der Waals surface area (Å²) in [6, 6.07) is 10.9. The van der Waals surface area contributed by atoms with Gasteiger partial charge in [0.25, 0.3) is 0 Å². The second kappa shape index (κ2) is 8.71. The number of aromatic amines is 1. The number of hydrogen-bond donors (Lipinski definition) is 2. The third kappa shape index (κ3) is 4.38. The molecule has 2 aromatic carbocycles. The number of amides is 1. The number of anilines is 1. The molecule has 30 heavy (non-hydrogen) atoms. The molecule has 0 aliphatic carbocycles. The van der Waals surface area contributed by atoms with E-state index >= 15 is 0 Å². The number of carbonyl (C=O) groups excluding carboxylic acids is 1. The van der Waals surface area contributed by atoms with E-state index in [1.165, 1.54) is 0 Å². The number of nitrogens with zero attached hydrogens (tertiary/aromatic N) is 2. The predicted octanol–water partition coefficient (Wildman–Crippen LogP) is 4.34. The first-order valence-electron chi connectivity index (χ1n) is 9.76. The number of nitrogens with one attached hydrogen (secondary N) is 2. The number of hydrogen-bond acceptors (Lipinski definition) is 3. The van der Waals surface area contributed by atoms with Gasteiger partial charge in [0.15, 0.2) is 11.6 Å². The first-order chi connectivity index (χ1) is 14.5. The van der Waals surface area contributed by atoms with Gasteiger partial charge in [0.05, 0.1) is 11.6 Å². The van der Waals surface area contributed by atoms with Crippen molar-refractivity contribution in [3.05, 3.63) is 71.7 Å². The summed E-state index contributed by atoms with van der Waals surface area (Å²) in [5, 5.41) is 9.70. The van der Waals surface area contributed by atoms with Crippen LogP contribution in [0.2, 0.25) is 0 Å². The van der Waals surface area contributed by atoms with E-state index in [2.05, 4.69) is 15.5 Å². The number of piperidine rings is 1. The van der Waals surface area contributed by atoms with Gasteiger partial charge in [0.2, 0.25) is 5.91 Å². The van der Waals surface area contributed by atoms with Crippen LogP contribution < -0.4 is 5.32 Å². The molecule has 1 aliphatic heterocycles. The molecule has 4 rings (SSSR count). The SMILES string of the molecule is O=C(Nc1ccc(-c2ccn[nH]2)cc1)C1CCCN(Cc2c(F)ccc(F)c2F)C1. The van der Waals surface area contributed by atoms with Crippen LogP contribution in [-0.2, 0) is 11.3 Å². The highest BCUT2D eigenvalue weighted by Crippen LogP contribution is 2.24. The Hall–Kier alpha value is -3.13. The number of benzene rings is 2. The standard InChI is InChI=1S/C22H21F3N4O/c23-18-7-8-19(24)21(25)17(18)13-29-11-1-2-15(12-29)22(30)27-16-5-3-14(4-6-16)20-9-10-26-28-20/h3-10,15H,1-2,11-13H2,(H,26,28)(H,27,30). The quantitative estimate of drug-likeness (QED) is 0.611. The summed E-state index contributed by atoms with van der Waals surface area (Å²) in [7, 11) is 0. The molecule has 0 bridgehead atoms. The summed E-state index contributed by atoms with van der Waals surface area (Å²) in [5.74, 6) is -3.48. The lowest BCUT2D eigenvalue weighted by Gasteiger charge is -2.32. The van der Waals surface area contributed by atoms with Gasteiger partial charge in [0.1, 0.15) is 5.82 Å². The largest absolute Gasteiger partial charge is 0.326 e. The van der Waals surface area contributed by atoms with Crippen molar-refractivity contribution in [1.29, 1.82) is 0 Å². The van der Waals surface area contributed by atoms with E-state index < -0.39 is 17.5 Å². The van der Waals surface area contributed by atoms with E-state index in [1.54, 1.807) is 11.1 Å². The highest BCUT2D eigenvalue weighted by atomic mass is 19.2. The first-order valence-corrected chi connectivity index (χ1v) is 9.76. The van der Waals surface area contributed by atoms with Crippen LogP contribution in [0.15, 0.2) is 48.7 Å². The molecule has 1 fully saturated rings. The Labute approximate surface area is 171 Å². The van der Waals surface area contributed by atoms with Crippen molar-refractivity contribution in [3.8, 4) is 11.3 Å². The minimum atomic E-state index is -1.17. The Morgan fingerprint density at radius 3 is 2.60 bits per heavy atom. The summed E-state index contributed by atoms with van der Waals surface area (Å²) in [6.07, 6.45) is 3.07. The fraction of sp³-hybridized carbons (Fsp3) is 0.273. The maximum absolute atomic E-state index is 14.0. The topological polar surface area (TPSA) is 61.0 Å². The Morgan fingerprint density at radius 1 is 1.10 bits per heavy atom. The molecular weight excluding hydrogens is 393 g/mol. The van der Waals surface area contributed by atoms with Crippen molar-refractivity contribution in [2.75, 3.05) is 18.4 Å². The molecular formula is C22H21F3N4O. The van der Waals surface area contributed by atoms with Crippen LogP contribution in [-0.4, -0.2) is 34.1 Å². The van der Waals surface area contributed by atoms with Crippen molar-refractivity contribution >= 4 is 11.6 Å². The fourth-order valence-electron chi connectivity index (χ4n) is 3.74. The molecule has 156 valence electrons. The average Bonchev–Trinajstić information content (AvgIpc) is 3.30. The molecule has 0 radical (unpaired) electrons. The van der Waals surface area contributed by atoms with Crippen LogP contribution in [0.3, 0.4) is 0 Å². The van der Waals surface area contributed by atoms with E-state index in [-0.39, 0.29) is 23.9 Å². The normalized spacial score (nSPS) is 17.1. The molecule has 2 N–H and O–H groups in total. The van der Waals surface area contributed by atoms with Crippen molar-refractivity contribution in [3.63, 3.8) is 0 Å². The Balaban J connectivity index is 1.38. The molecule has 3 aromatic rings. The van der Waals surface area contributed by atoms with Crippen LogP contribution in [0.25, 0.3) is 11.3 Å². The van der Waals surface area contributed by atoms with E-state index in [0.29, 0.717) is 25.2 Å². The molecule has 2 heterocycles. The van der Waals surface area contributed by atoms with Crippen LogP contribution in [0.5, 0.6) is 0 Å². The van der Waals surface area contributed by atoms with Gasteiger partial charge in [-0.05, 0) is 55.3 Å². The van der Waals surface area contributed by atoms with Gasteiger partial charge in [-0.15, -0.1) is 0 Å². The monoisotopic (exact) mass is 414 g/mol. The maximum atomic E-state index is 14.0. The van der Waals surface area contributed by atoms with Crippen molar-refractivity contribution in [2.24, 2.45) is 5.92 Å². The number of rotatable bonds is 5. The molecule has 8 heteroatoms. The summed E-state index contributed by atoms with van der Waals surface area (Å²) in [5.41, 5.74) is 2.20. The molecule has 1 aliphatic rings. The molecule has 1 saturated heterocycles. The molecule has 0 spiro atoms. The van der Waals surface area contributed by atoms with Crippen molar-refractivity contribution in [2.45, 2.75) is 19.4 Å². The van der Waals surface area contributed by atoms with Crippen LogP contribution >= 0.6 is 0 Å². The zero-order valence-corrected chi connectivity index (χ0v) is 16.2. The third-order valence-electron chi connectivity index (χ3n) is 5.36. The molecule has 5 nitrogen and oxygen atoms in total. The Bertz CT molecular complexity index is 1020. The number of halogens is 3. The summed E-state index contributed by atoms with van der Waals surface area (Å²) in [6.45, 7) is 0.879. The highest BCUT2D eigenvalue weighted by molar-refractivity contribution is 5.93. The second-order valence-corrected chi connectivity index (χ2v) is 7.43. The molecule has 1 aromatic heterocycles. The summed E-state index contributed by atoms with van der Waals surface area (Å²) in [4.78, 5) is 14.5. The van der Waals surface area contributed by atoms with Gasteiger partial charge in [0, 0.05) is 30.5 Å². The zero-order valence-electron chi connectivity index (χ0n) is 16.2. The maximum Gasteiger partial charge on any atom is 0.228 e. The van der Waals surface area contributed by atoms with Crippen LogP contribution in [0, 0.1) is 23.4 Å². The second-order valence-electron chi connectivity index (χ2n) is 7.43. The lowest BCUT2D eigenvalue weighted by molar-refractivity contribution is -0.121. The molecule has 0 saturated carbocycles. The number of H-pyrrole nitrogens is 1. The van der Waals surface area contributed by atoms with E-state index in [0.717, 1.165) is 29.8 Å². The third-order valence-corrected chi connectivity index (χ3v) is 5.36. The van der Waals surface area contributed by atoms with Gasteiger partial charge >= 0.3 is 0 Å². The predicted molar refractivity (Wildman–Crippen MR) is 107 cm³/mol. The molecule has 1 unspecified atom stereocenters. The summed E-state index contributed by atoms with van der Waals surface area (Å²) >= 11 is 0. The van der Waals surface area contributed by atoms with Gasteiger partial charge < -0.3 is 5.32 Å². The minimum absolute atomic E-state index is 0.0713. The number of carbonyl (C=O) groups is 1. The molecule has 1 atom stereocenters. The lowest BCUT2D eigenvalue weighted by Crippen LogP contribution is -2.40. The van der Waals surface area contributed by atoms with E-state index in [9.17, 15) is 18.0 Å². The first kappa shape index (κ1) is 20.2. The van der Waals surface area contributed by atoms with Gasteiger partial charge in [-0.1, -0.05) is 12.1 Å². The Morgan fingerprint density at radius 2 is 1.87 bits per heavy atom. The lowest BCUT2D eigenvalue weighted by atomic mass is 9.96. The van der Waals surface area contributed by atoms with Crippen LogP contribution in [0.4, 0.5) is 18.9 Å². The minimum Gasteiger partial charge on any atom is -0.326 e. The van der Waals surface area contributed by atoms with Crippen molar-refractivity contribution < 1.29 is 18.0 Å². The molecule has 1 amide bonds. The number of aromatic nitrogens is 2.